The molecule has 0 saturated heterocycles. The number of pyridine rings is 1. The molecule has 0 spiro atoms. The molecule has 4 rings (SSSR count). The zero-order valence-electron chi connectivity index (χ0n) is 15.1. The summed E-state index contributed by atoms with van der Waals surface area (Å²) < 4.78 is 5.36. The third-order valence-corrected chi connectivity index (χ3v) is 4.75. The van der Waals surface area contributed by atoms with Crippen molar-refractivity contribution in [3.8, 4) is 0 Å². The number of esters is 1. The van der Waals surface area contributed by atoms with Gasteiger partial charge in [-0.25, -0.2) is 4.79 Å². The largest absolute Gasteiger partial charge is 0.462 e. The first-order chi connectivity index (χ1) is 13.7. The molecule has 0 saturated carbocycles. The van der Waals surface area contributed by atoms with Crippen molar-refractivity contribution in [2.75, 3.05) is 13.2 Å². The second-order valence-corrected chi connectivity index (χ2v) is 6.53. The van der Waals surface area contributed by atoms with Gasteiger partial charge < -0.3 is 4.74 Å². The number of imide groups is 1. The normalized spacial score (nSPS) is 13.1. The molecule has 1 aliphatic rings. The van der Waals surface area contributed by atoms with E-state index in [2.05, 4.69) is 4.98 Å². The lowest BCUT2D eigenvalue weighted by Gasteiger charge is -2.13. The second-order valence-electron chi connectivity index (χ2n) is 6.53. The topological polar surface area (TPSA) is 76.6 Å². The van der Waals surface area contributed by atoms with Gasteiger partial charge in [0.25, 0.3) is 11.8 Å². The van der Waals surface area contributed by atoms with Gasteiger partial charge >= 0.3 is 5.97 Å². The number of hydrogen-bond acceptors (Lipinski definition) is 5. The number of benzene rings is 2. The van der Waals surface area contributed by atoms with Crippen LogP contribution < -0.4 is 0 Å². The Hall–Kier alpha value is -3.54. The molecule has 0 aliphatic carbocycles. The minimum atomic E-state index is -0.403. The van der Waals surface area contributed by atoms with Gasteiger partial charge in [-0.2, -0.15) is 0 Å². The highest BCUT2D eigenvalue weighted by molar-refractivity contribution is 6.21. The fraction of sp³-hybridized carbons (Fsp3) is 0.182. The maximum atomic E-state index is 12.4. The molecule has 0 radical (unpaired) electrons. The van der Waals surface area contributed by atoms with Crippen molar-refractivity contribution >= 4 is 28.7 Å². The van der Waals surface area contributed by atoms with E-state index in [-0.39, 0.29) is 18.4 Å². The molecule has 6 nitrogen and oxygen atoms in total. The van der Waals surface area contributed by atoms with Crippen LogP contribution in [0.4, 0.5) is 0 Å². The molecule has 0 bridgehead atoms. The van der Waals surface area contributed by atoms with E-state index in [9.17, 15) is 14.4 Å². The van der Waals surface area contributed by atoms with Crippen molar-refractivity contribution in [3.05, 3.63) is 77.5 Å². The van der Waals surface area contributed by atoms with E-state index in [0.717, 1.165) is 10.9 Å². The van der Waals surface area contributed by atoms with Gasteiger partial charge in [-0.15, -0.1) is 0 Å². The molecular formula is C22H18N2O4. The van der Waals surface area contributed by atoms with Crippen molar-refractivity contribution in [1.82, 2.24) is 9.88 Å². The predicted molar refractivity (Wildman–Crippen MR) is 103 cm³/mol. The van der Waals surface area contributed by atoms with Crippen LogP contribution in [0.15, 0.2) is 60.8 Å². The first-order valence-electron chi connectivity index (χ1n) is 9.13. The molecule has 0 fully saturated rings. The Morgan fingerprint density at radius 1 is 0.893 bits per heavy atom. The Morgan fingerprint density at radius 3 is 2.39 bits per heavy atom. The standard InChI is InChI=1S/C22H18N2O4/c25-20-16-7-1-2-8-17(16)21(26)24(20)13-3-4-14-28-22(27)18-9-5-11-19-15(18)10-6-12-23-19/h1-2,5-12H,3-4,13-14H2. The average Bonchev–Trinajstić information content (AvgIpc) is 2.98. The van der Waals surface area contributed by atoms with Crippen LogP contribution in [-0.4, -0.2) is 40.8 Å². The number of amides is 2. The fourth-order valence-corrected chi connectivity index (χ4v) is 3.34. The van der Waals surface area contributed by atoms with Crippen LogP contribution in [0.2, 0.25) is 0 Å². The van der Waals surface area contributed by atoms with Crippen LogP contribution in [0, 0.1) is 0 Å². The minimum Gasteiger partial charge on any atom is -0.462 e. The van der Waals surface area contributed by atoms with E-state index < -0.39 is 5.97 Å². The number of hydrogen-bond donors (Lipinski definition) is 0. The summed E-state index contributed by atoms with van der Waals surface area (Å²) in [7, 11) is 0. The predicted octanol–water partition coefficient (Wildman–Crippen LogP) is 3.47. The van der Waals surface area contributed by atoms with Crippen LogP contribution in [0.1, 0.15) is 43.9 Å². The van der Waals surface area contributed by atoms with Crippen molar-refractivity contribution in [1.29, 1.82) is 0 Å². The lowest BCUT2D eigenvalue weighted by atomic mass is 10.1. The van der Waals surface area contributed by atoms with Crippen LogP contribution in [0.3, 0.4) is 0 Å². The fourth-order valence-electron chi connectivity index (χ4n) is 3.34. The van der Waals surface area contributed by atoms with E-state index >= 15 is 0 Å². The first kappa shape index (κ1) is 17.9. The number of ether oxygens (including phenoxy) is 1. The number of rotatable bonds is 6. The number of unbranched alkanes of at least 4 members (excludes halogenated alkanes) is 1. The number of aromatic nitrogens is 1. The van der Waals surface area contributed by atoms with Crippen LogP contribution in [-0.2, 0) is 4.74 Å². The van der Waals surface area contributed by atoms with E-state index in [0.29, 0.717) is 36.1 Å². The second kappa shape index (κ2) is 7.60. The van der Waals surface area contributed by atoms with Gasteiger partial charge in [0.1, 0.15) is 0 Å². The lowest BCUT2D eigenvalue weighted by molar-refractivity contribution is 0.0487. The van der Waals surface area contributed by atoms with Gasteiger partial charge in [0.15, 0.2) is 0 Å². The molecule has 2 aromatic carbocycles. The molecule has 3 aromatic rings. The molecule has 2 heterocycles. The summed E-state index contributed by atoms with van der Waals surface area (Å²) >= 11 is 0. The highest BCUT2D eigenvalue weighted by Crippen LogP contribution is 2.22. The molecule has 1 aliphatic heterocycles. The Morgan fingerprint density at radius 2 is 1.64 bits per heavy atom. The summed E-state index contributed by atoms with van der Waals surface area (Å²) in [6, 6.07) is 15.8. The molecule has 0 N–H and O–H groups in total. The highest BCUT2D eigenvalue weighted by atomic mass is 16.5. The van der Waals surface area contributed by atoms with Crippen LogP contribution in [0.25, 0.3) is 10.9 Å². The third kappa shape index (κ3) is 3.24. The van der Waals surface area contributed by atoms with E-state index in [1.165, 1.54) is 4.90 Å². The van der Waals surface area contributed by atoms with Gasteiger partial charge in [0.05, 0.1) is 28.8 Å². The summed E-state index contributed by atoms with van der Waals surface area (Å²) in [5.41, 5.74) is 2.11. The first-order valence-corrected chi connectivity index (χ1v) is 9.13. The van der Waals surface area contributed by atoms with Gasteiger partial charge in [-0.1, -0.05) is 24.3 Å². The van der Waals surface area contributed by atoms with Gasteiger partial charge in [-0.3, -0.25) is 19.5 Å². The molecule has 140 valence electrons. The quantitative estimate of drug-likeness (QED) is 0.375. The van der Waals surface area contributed by atoms with E-state index in [1.807, 2.05) is 12.1 Å². The number of carbonyl (C=O) groups excluding carboxylic acids is 3. The Kier molecular flexibility index (Phi) is 4.85. The van der Waals surface area contributed by atoms with E-state index in [1.54, 1.807) is 48.7 Å². The summed E-state index contributed by atoms with van der Waals surface area (Å²) in [5.74, 6) is -0.930. The molecule has 2 amide bonds. The minimum absolute atomic E-state index is 0.221. The smallest absolute Gasteiger partial charge is 0.338 e. The van der Waals surface area contributed by atoms with Crippen molar-refractivity contribution in [2.24, 2.45) is 0 Å². The van der Waals surface area contributed by atoms with Crippen molar-refractivity contribution in [3.63, 3.8) is 0 Å². The molecule has 6 heteroatoms. The number of carbonyl (C=O) groups is 3. The maximum absolute atomic E-state index is 12.4. The molecule has 0 unspecified atom stereocenters. The summed E-state index contributed by atoms with van der Waals surface area (Å²) in [6.45, 7) is 0.529. The van der Waals surface area contributed by atoms with Gasteiger partial charge in [0, 0.05) is 18.1 Å². The summed E-state index contributed by atoms with van der Waals surface area (Å²) in [4.78, 5) is 42.5. The molecule has 28 heavy (non-hydrogen) atoms. The zero-order chi connectivity index (χ0) is 19.5. The molecule has 1 aromatic heterocycles. The SMILES string of the molecule is O=C(OCCCCN1C(=O)c2ccccc2C1=O)c1cccc2ncccc12. The summed E-state index contributed by atoms with van der Waals surface area (Å²) in [6.07, 6.45) is 2.80. The Labute approximate surface area is 161 Å². The monoisotopic (exact) mass is 374 g/mol. The van der Waals surface area contributed by atoms with E-state index in [4.69, 9.17) is 4.74 Å². The van der Waals surface area contributed by atoms with Gasteiger partial charge in [0.2, 0.25) is 0 Å². The summed E-state index contributed by atoms with van der Waals surface area (Å²) in [5, 5.41) is 0.751. The molecule has 0 atom stereocenters. The molecular weight excluding hydrogens is 356 g/mol. The van der Waals surface area contributed by atoms with Crippen molar-refractivity contribution < 1.29 is 19.1 Å². The number of nitrogens with zero attached hydrogens (tertiary/aromatic N) is 2. The van der Waals surface area contributed by atoms with Crippen LogP contribution >= 0.6 is 0 Å². The van der Waals surface area contributed by atoms with Crippen LogP contribution in [0.5, 0.6) is 0 Å². The average molecular weight is 374 g/mol. The highest BCUT2D eigenvalue weighted by Gasteiger charge is 2.34. The Bertz CT molecular complexity index is 1040. The lowest BCUT2D eigenvalue weighted by Crippen LogP contribution is -2.30. The van der Waals surface area contributed by atoms with Crippen molar-refractivity contribution in [2.45, 2.75) is 12.8 Å². The number of fused-ring (bicyclic) bond motifs is 2. The maximum Gasteiger partial charge on any atom is 0.338 e. The van der Waals surface area contributed by atoms with Gasteiger partial charge in [-0.05, 0) is 43.2 Å². The zero-order valence-corrected chi connectivity index (χ0v) is 15.1. The third-order valence-electron chi connectivity index (χ3n) is 4.75. The Balaban J connectivity index is 1.29.